The molecule has 0 aliphatic rings. The quantitative estimate of drug-likeness (QED) is 0.853. The number of methoxy groups -OCH3 is 1. The molecule has 0 unspecified atom stereocenters. The Bertz CT molecular complexity index is 652. The van der Waals surface area contributed by atoms with Gasteiger partial charge in [0.25, 0.3) is 0 Å². The van der Waals surface area contributed by atoms with Gasteiger partial charge in [0.1, 0.15) is 11.5 Å². The molecule has 2 aromatic rings. The van der Waals surface area contributed by atoms with Crippen LogP contribution in [-0.2, 0) is 11.2 Å². The third-order valence-electron chi connectivity index (χ3n) is 3.62. The molecule has 0 bridgehead atoms. The zero-order chi connectivity index (χ0) is 15.9. The second-order valence-electron chi connectivity index (χ2n) is 5.02. The number of fused-ring (bicyclic) bond motifs is 1. The molecule has 4 nitrogen and oxygen atoms in total. The molecule has 0 heterocycles. The first kappa shape index (κ1) is 16.1. The van der Waals surface area contributed by atoms with E-state index in [-0.39, 0.29) is 5.91 Å². The minimum absolute atomic E-state index is 0.0655. The van der Waals surface area contributed by atoms with Crippen LogP contribution in [0.5, 0.6) is 11.5 Å². The summed E-state index contributed by atoms with van der Waals surface area (Å²) >= 11 is 0. The van der Waals surface area contributed by atoms with Gasteiger partial charge in [-0.25, -0.2) is 0 Å². The Hall–Kier alpha value is -2.23. The van der Waals surface area contributed by atoms with Crippen LogP contribution in [-0.4, -0.2) is 26.2 Å². The Morgan fingerprint density at radius 3 is 2.64 bits per heavy atom. The van der Waals surface area contributed by atoms with Gasteiger partial charge < -0.3 is 14.8 Å². The Balaban J connectivity index is 2.36. The largest absolute Gasteiger partial charge is 0.497 e. The molecule has 0 aliphatic carbocycles. The zero-order valence-electron chi connectivity index (χ0n) is 13.4. The van der Waals surface area contributed by atoms with E-state index in [1.165, 1.54) is 0 Å². The minimum Gasteiger partial charge on any atom is -0.497 e. The van der Waals surface area contributed by atoms with Gasteiger partial charge in [-0.2, -0.15) is 0 Å². The summed E-state index contributed by atoms with van der Waals surface area (Å²) in [5, 5.41) is 5.17. The van der Waals surface area contributed by atoms with E-state index < -0.39 is 0 Å². The summed E-state index contributed by atoms with van der Waals surface area (Å²) < 4.78 is 11.1. The molecule has 0 aliphatic heterocycles. The fourth-order valence-corrected chi connectivity index (χ4v) is 2.47. The van der Waals surface area contributed by atoms with Crippen molar-refractivity contribution in [3.8, 4) is 11.5 Å². The molecule has 0 saturated heterocycles. The van der Waals surface area contributed by atoms with E-state index in [9.17, 15) is 4.79 Å². The maximum atomic E-state index is 11.4. The van der Waals surface area contributed by atoms with Crippen molar-refractivity contribution in [2.24, 2.45) is 0 Å². The number of rotatable bonds is 7. The third-order valence-corrected chi connectivity index (χ3v) is 3.62. The monoisotopic (exact) mass is 301 g/mol. The molecule has 0 spiro atoms. The average molecular weight is 301 g/mol. The molecular weight excluding hydrogens is 278 g/mol. The smallest absolute Gasteiger partial charge is 0.219 e. The van der Waals surface area contributed by atoms with Crippen LogP contribution in [0.25, 0.3) is 10.8 Å². The van der Waals surface area contributed by atoms with Gasteiger partial charge in [0.05, 0.1) is 13.7 Å². The third kappa shape index (κ3) is 3.70. The highest BCUT2D eigenvalue weighted by Crippen LogP contribution is 2.31. The Kier molecular flexibility index (Phi) is 5.64. The van der Waals surface area contributed by atoms with Crippen LogP contribution >= 0.6 is 0 Å². The van der Waals surface area contributed by atoms with Gasteiger partial charge in [0.2, 0.25) is 5.91 Å². The van der Waals surface area contributed by atoms with Crippen molar-refractivity contribution >= 4 is 16.7 Å². The lowest BCUT2D eigenvalue weighted by Crippen LogP contribution is -2.24. The lowest BCUT2D eigenvalue weighted by molar-refractivity contribution is -0.120. The highest BCUT2D eigenvalue weighted by molar-refractivity contribution is 5.89. The van der Waals surface area contributed by atoms with Crippen LogP contribution < -0.4 is 14.8 Å². The van der Waals surface area contributed by atoms with Gasteiger partial charge in [-0.1, -0.05) is 19.1 Å². The molecule has 0 radical (unpaired) electrons. The van der Waals surface area contributed by atoms with Crippen LogP contribution in [0.4, 0.5) is 0 Å². The van der Waals surface area contributed by atoms with Crippen molar-refractivity contribution in [2.45, 2.75) is 26.7 Å². The van der Waals surface area contributed by atoms with Crippen LogP contribution in [0.2, 0.25) is 0 Å². The average Bonchev–Trinajstić information content (AvgIpc) is 2.55. The molecule has 1 amide bonds. The highest BCUT2D eigenvalue weighted by Gasteiger charge is 2.10. The van der Waals surface area contributed by atoms with Crippen molar-refractivity contribution < 1.29 is 14.3 Å². The lowest BCUT2D eigenvalue weighted by atomic mass is 10.0. The molecule has 2 rings (SSSR count). The van der Waals surface area contributed by atoms with E-state index in [0.717, 1.165) is 34.3 Å². The van der Waals surface area contributed by atoms with E-state index in [0.29, 0.717) is 19.6 Å². The summed E-state index contributed by atoms with van der Waals surface area (Å²) in [7, 11) is 1.66. The molecule has 118 valence electrons. The standard InChI is InChI=1S/C18H23NO3/c1-4-18(20)19-11-10-15-16-12-14(21-3)8-6-13(16)7-9-17(15)22-5-2/h6-9,12H,4-5,10-11H2,1-3H3,(H,19,20). The molecule has 0 saturated carbocycles. The predicted octanol–water partition coefficient (Wildman–Crippen LogP) is 3.32. The topological polar surface area (TPSA) is 47.6 Å². The molecule has 4 heteroatoms. The van der Waals surface area contributed by atoms with Crippen LogP contribution in [0.1, 0.15) is 25.8 Å². The van der Waals surface area contributed by atoms with Crippen LogP contribution in [0, 0.1) is 0 Å². The number of nitrogens with one attached hydrogen (secondary N) is 1. The van der Waals surface area contributed by atoms with Gasteiger partial charge in [-0.3, -0.25) is 4.79 Å². The van der Waals surface area contributed by atoms with E-state index in [1.54, 1.807) is 7.11 Å². The van der Waals surface area contributed by atoms with E-state index >= 15 is 0 Å². The predicted molar refractivity (Wildman–Crippen MR) is 88.7 cm³/mol. The maximum absolute atomic E-state index is 11.4. The van der Waals surface area contributed by atoms with Gasteiger partial charge in [-0.15, -0.1) is 0 Å². The summed E-state index contributed by atoms with van der Waals surface area (Å²) in [5.74, 6) is 1.75. The van der Waals surface area contributed by atoms with Gasteiger partial charge in [-0.05, 0) is 42.3 Å². The maximum Gasteiger partial charge on any atom is 0.219 e. The number of carbonyl (C=O) groups is 1. The highest BCUT2D eigenvalue weighted by atomic mass is 16.5. The summed E-state index contributed by atoms with van der Waals surface area (Å²) in [6, 6.07) is 10.1. The summed E-state index contributed by atoms with van der Waals surface area (Å²) in [4.78, 5) is 11.4. The van der Waals surface area contributed by atoms with Crippen molar-refractivity contribution in [3.63, 3.8) is 0 Å². The Labute approximate surface area is 131 Å². The Morgan fingerprint density at radius 1 is 1.18 bits per heavy atom. The molecule has 2 aromatic carbocycles. The van der Waals surface area contributed by atoms with E-state index in [1.807, 2.05) is 44.2 Å². The second-order valence-corrected chi connectivity index (χ2v) is 5.02. The van der Waals surface area contributed by atoms with Gasteiger partial charge in [0.15, 0.2) is 0 Å². The SMILES string of the molecule is CCOc1ccc2ccc(OC)cc2c1CCNC(=O)CC. The fraction of sp³-hybridized carbons (Fsp3) is 0.389. The van der Waals surface area contributed by atoms with E-state index in [4.69, 9.17) is 9.47 Å². The van der Waals surface area contributed by atoms with Crippen LogP contribution in [0.3, 0.4) is 0 Å². The minimum atomic E-state index is 0.0655. The molecule has 1 N–H and O–H groups in total. The van der Waals surface area contributed by atoms with Crippen LogP contribution in [0.15, 0.2) is 30.3 Å². The summed E-state index contributed by atoms with van der Waals surface area (Å²) in [5.41, 5.74) is 1.11. The van der Waals surface area contributed by atoms with Crippen molar-refractivity contribution in [1.29, 1.82) is 0 Å². The second kappa shape index (κ2) is 7.69. The molecule has 0 atom stereocenters. The number of benzene rings is 2. The number of hydrogen-bond donors (Lipinski definition) is 1. The number of hydrogen-bond acceptors (Lipinski definition) is 3. The first-order chi connectivity index (χ1) is 10.7. The fourth-order valence-electron chi connectivity index (χ4n) is 2.47. The first-order valence-electron chi connectivity index (χ1n) is 7.68. The molecular formula is C18H23NO3. The van der Waals surface area contributed by atoms with Gasteiger partial charge >= 0.3 is 0 Å². The molecule has 22 heavy (non-hydrogen) atoms. The molecule has 0 aromatic heterocycles. The van der Waals surface area contributed by atoms with Crippen molar-refractivity contribution in [2.75, 3.05) is 20.3 Å². The van der Waals surface area contributed by atoms with Crippen molar-refractivity contribution in [3.05, 3.63) is 35.9 Å². The zero-order valence-corrected chi connectivity index (χ0v) is 13.4. The number of amides is 1. The normalized spacial score (nSPS) is 10.5. The lowest BCUT2D eigenvalue weighted by Gasteiger charge is -2.14. The summed E-state index contributed by atoms with van der Waals surface area (Å²) in [6.07, 6.45) is 1.23. The van der Waals surface area contributed by atoms with Gasteiger partial charge in [0, 0.05) is 18.5 Å². The van der Waals surface area contributed by atoms with Crippen molar-refractivity contribution in [1.82, 2.24) is 5.32 Å². The number of ether oxygens (including phenoxy) is 2. The first-order valence-corrected chi connectivity index (χ1v) is 7.68. The summed E-state index contributed by atoms with van der Waals surface area (Å²) in [6.45, 7) is 5.04. The number of carbonyl (C=O) groups excluding carboxylic acids is 1. The van der Waals surface area contributed by atoms with E-state index in [2.05, 4.69) is 5.32 Å². The molecule has 0 fully saturated rings. The Morgan fingerprint density at radius 2 is 1.95 bits per heavy atom.